The largest absolute Gasteiger partial charge is 0.384 e. The fraction of sp³-hybridized carbons (Fsp3) is 0.438. The first kappa shape index (κ1) is 14.9. The predicted octanol–water partition coefficient (Wildman–Crippen LogP) is 4.20. The quantitative estimate of drug-likeness (QED) is 0.901. The molecule has 0 aliphatic carbocycles. The molecule has 20 heavy (non-hydrogen) atoms. The fourth-order valence-corrected chi connectivity index (χ4v) is 2.38. The van der Waals surface area contributed by atoms with Crippen molar-refractivity contribution in [2.45, 2.75) is 45.6 Å². The van der Waals surface area contributed by atoms with Crippen LogP contribution in [-0.2, 0) is 11.0 Å². The van der Waals surface area contributed by atoms with Crippen LogP contribution in [0, 0.1) is 0 Å². The van der Waals surface area contributed by atoms with E-state index in [1.165, 1.54) is 5.56 Å². The summed E-state index contributed by atoms with van der Waals surface area (Å²) in [6.45, 7) is 10.6. The molecule has 0 saturated heterocycles. The highest BCUT2D eigenvalue weighted by Crippen LogP contribution is 2.33. The molecule has 1 aromatic carbocycles. The first-order chi connectivity index (χ1) is 9.12. The van der Waals surface area contributed by atoms with E-state index in [-0.39, 0.29) is 11.0 Å². The SMILES string of the molecule is CC(C)(c1ccc(Cl)cc1)c1cc(N)n(C(C)(C)C)n1. The Bertz CT molecular complexity index is 604. The maximum Gasteiger partial charge on any atom is 0.122 e. The molecular formula is C16H22ClN3. The molecule has 0 aliphatic rings. The summed E-state index contributed by atoms with van der Waals surface area (Å²) >= 11 is 5.96. The Morgan fingerprint density at radius 2 is 1.60 bits per heavy atom. The van der Waals surface area contributed by atoms with Gasteiger partial charge in [-0.1, -0.05) is 37.6 Å². The summed E-state index contributed by atoms with van der Waals surface area (Å²) in [5.74, 6) is 0.689. The molecule has 2 aromatic rings. The normalized spacial score (nSPS) is 12.7. The Morgan fingerprint density at radius 1 is 1.05 bits per heavy atom. The molecule has 2 N–H and O–H groups in total. The van der Waals surface area contributed by atoms with E-state index in [1.54, 1.807) is 0 Å². The topological polar surface area (TPSA) is 43.8 Å². The van der Waals surface area contributed by atoms with Crippen LogP contribution in [0.2, 0.25) is 5.02 Å². The Morgan fingerprint density at radius 3 is 2.05 bits per heavy atom. The number of benzene rings is 1. The number of halogens is 1. The summed E-state index contributed by atoms with van der Waals surface area (Å²) in [5, 5.41) is 5.45. The minimum Gasteiger partial charge on any atom is -0.384 e. The van der Waals surface area contributed by atoms with Crippen LogP contribution in [0.1, 0.15) is 45.9 Å². The third kappa shape index (κ3) is 2.68. The molecule has 0 radical (unpaired) electrons. The van der Waals surface area contributed by atoms with Gasteiger partial charge in [0.2, 0.25) is 0 Å². The number of anilines is 1. The van der Waals surface area contributed by atoms with Crippen molar-refractivity contribution in [2.24, 2.45) is 0 Å². The van der Waals surface area contributed by atoms with Crippen molar-refractivity contribution < 1.29 is 0 Å². The van der Waals surface area contributed by atoms with Crippen molar-refractivity contribution in [3.8, 4) is 0 Å². The number of nitrogens with zero attached hydrogens (tertiary/aromatic N) is 2. The van der Waals surface area contributed by atoms with Gasteiger partial charge in [0.25, 0.3) is 0 Å². The van der Waals surface area contributed by atoms with Gasteiger partial charge in [0.05, 0.1) is 11.2 Å². The standard InChI is InChI=1S/C16H22ClN3/c1-15(2,3)20-14(18)10-13(19-20)16(4,5)11-6-8-12(17)9-7-11/h6-10H,18H2,1-5H3. The van der Waals surface area contributed by atoms with E-state index < -0.39 is 0 Å². The first-order valence-electron chi connectivity index (χ1n) is 6.75. The van der Waals surface area contributed by atoms with Gasteiger partial charge < -0.3 is 5.73 Å². The van der Waals surface area contributed by atoms with E-state index in [1.807, 2.05) is 35.0 Å². The predicted molar refractivity (Wildman–Crippen MR) is 85.2 cm³/mol. The highest BCUT2D eigenvalue weighted by atomic mass is 35.5. The monoisotopic (exact) mass is 291 g/mol. The minimum absolute atomic E-state index is 0.127. The van der Waals surface area contributed by atoms with Gasteiger partial charge in [-0.2, -0.15) is 5.10 Å². The lowest BCUT2D eigenvalue weighted by Gasteiger charge is -2.24. The molecule has 3 nitrogen and oxygen atoms in total. The number of hydrogen-bond acceptors (Lipinski definition) is 2. The summed E-state index contributed by atoms with van der Waals surface area (Å²) in [7, 11) is 0. The summed E-state index contributed by atoms with van der Waals surface area (Å²) < 4.78 is 1.88. The molecule has 108 valence electrons. The maximum absolute atomic E-state index is 6.11. The van der Waals surface area contributed by atoms with Crippen molar-refractivity contribution in [1.82, 2.24) is 9.78 Å². The summed E-state index contributed by atoms with van der Waals surface area (Å²) in [5.41, 5.74) is 7.90. The van der Waals surface area contributed by atoms with E-state index in [9.17, 15) is 0 Å². The Labute approximate surface area is 125 Å². The van der Waals surface area contributed by atoms with Crippen molar-refractivity contribution in [3.05, 3.63) is 46.6 Å². The highest BCUT2D eigenvalue weighted by molar-refractivity contribution is 6.30. The molecule has 0 aliphatic heterocycles. The molecule has 1 heterocycles. The van der Waals surface area contributed by atoms with E-state index in [2.05, 4.69) is 34.6 Å². The zero-order valence-electron chi connectivity index (χ0n) is 12.7. The van der Waals surface area contributed by atoms with Crippen molar-refractivity contribution in [2.75, 3.05) is 5.73 Å². The van der Waals surface area contributed by atoms with Gasteiger partial charge in [-0.3, -0.25) is 0 Å². The molecule has 0 fully saturated rings. The number of hydrogen-bond donors (Lipinski definition) is 1. The lowest BCUT2D eigenvalue weighted by molar-refractivity contribution is 0.355. The first-order valence-corrected chi connectivity index (χ1v) is 7.13. The number of aromatic nitrogens is 2. The average Bonchev–Trinajstić information content (AvgIpc) is 2.72. The number of nitrogen functional groups attached to an aromatic ring is 1. The molecule has 0 spiro atoms. The molecule has 0 unspecified atom stereocenters. The van der Waals surface area contributed by atoms with Gasteiger partial charge >= 0.3 is 0 Å². The minimum atomic E-state index is -0.213. The maximum atomic E-state index is 6.11. The van der Waals surface area contributed by atoms with E-state index in [0.29, 0.717) is 5.82 Å². The van der Waals surface area contributed by atoms with E-state index >= 15 is 0 Å². The Kier molecular flexibility index (Phi) is 3.59. The smallest absolute Gasteiger partial charge is 0.122 e. The van der Waals surface area contributed by atoms with Crippen LogP contribution in [-0.4, -0.2) is 9.78 Å². The summed E-state index contributed by atoms with van der Waals surface area (Å²) in [4.78, 5) is 0. The van der Waals surface area contributed by atoms with E-state index in [0.717, 1.165) is 10.7 Å². The summed E-state index contributed by atoms with van der Waals surface area (Å²) in [6.07, 6.45) is 0. The average molecular weight is 292 g/mol. The van der Waals surface area contributed by atoms with Crippen LogP contribution < -0.4 is 5.73 Å². The second-order valence-corrected chi connectivity index (χ2v) is 7.11. The fourth-order valence-electron chi connectivity index (χ4n) is 2.25. The van der Waals surface area contributed by atoms with Gasteiger partial charge in [-0.15, -0.1) is 0 Å². The van der Waals surface area contributed by atoms with E-state index in [4.69, 9.17) is 22.4 Å². The Hall–Kier alpha value is -1.48. The van der Waals surface area contributed by atoms with Gasteiger partial charge in [-0.25, -0.2) is 4.68 Å². The Balaban J connectivity index is 2.47. The molecule has 0 atom stereocenters. The lowest BCUT2D eigenvalue weighted by atomic mass is 9.82. The zero-order valence-corrected chi connectivity index (χ0v) is 13.5. The highest BCUT2D eigenvalue weighted by Gasteiger charge is 2.29. The van der Waals surface area contributed by atoms with Crippen molar-refractivity contribution in [1.29, 1.82) is 0 Å². The third-order valence-electron chi connectivity index (χ3n) is 3.58. The third-order valence-corrected chi connectivity index (χ3v) is 3.83. The number of rotatable bonds is 2. The van der Waals surface area contributed by atoms with Crippen LogP contribution in [0.25, 0.3) is 0 Å². The van der Waals surface area contributed by atoms with Crippen LogP contribution >= 0.6 is 11.6 Å². The van der Waals surface area contributed by atoms with Crippen molar-refractivity contribution >= 4 is 17.4 Å². The molecular weight excluding hydrogens is 270 g/mol. The molecule has 0 saturated carbocycles. The lowest BCUT2D eigenvalue weighted by Crippen LogP contribution is -2.26. The second kappa shape index (κ2) is 4.81. The molecule has 2 rings (SSSR count). The van der Waals surface area contributed by atoms with Crippen molar-refractivity contribution in [3.63, 3.8) is 0 Å². The van der Waals surface area contributed by atoms with Gasteiger partial charge in [0, 0.05) is 16.5 Å². The zero-order chi connectivity index (χ0) is 15.1. The molecule has 0 bridgehead atoms. The molecule has 1 aromatic heterocycles. The summed E-state index contributed by atoms with van der Waals surface area (Å²) in [6, 6.07) is 9.84. The van der Waals surface area contributed by atoms with Gasteiger partial charge in [0.1, 0.15) is 5.82 Å². The second-order valence-electron chi connectivity index (χ2n) is 6.67. The van der Waals surface area contributed by atoms with Crippen LogP contribution in [0.5, 0.6) is 0 Å². The van der Waals surface area contributed by atoms with Crippen LogP contribution in [0.15, 0.2) is 30.3 Å². The molecule has 0 amide bonds. The van der Waals surface area contributed by atoms with Gasteiger partial charge in [0.15, 0.2) is 0 Å². The van der Waals surface area contributed by atoms with Crippen LogP contribution in [0.3, 0.4) is 0 Å². The molecule has 4 heteroatoms. The number of nitrogens with two attached hydrogens (primary N) is 1. The van der Waals surface area contributed by atoms with Crippen LogP contribution in [0.4, 0.5) is 5.82 Å². The van der Waals surface area contributed by atoms with Gasteiger partial charge in [-0.05, 0) is 38.5 Å².